The molecule has 158 valence electrons. The first-order chi connectivity index (χ1) is 14.5. The van der Waals surface area contributed by atoms with E-state index in [2.05, 4.69) is 51.8 Å². The van der Waals surface area contributed by atoms with Crippen molar-refractivity contribution in [2.45, 2.75) is 25.2 Å². The number of thiophene rings is 1. The highest BCUT2D eigenvalue weighted by Gasteiger charge is 2.19. The average molecular weight is 424 g/mol. The van der Waals surface area contributed by atoms with E-state index in [0.717, 1.165) is 22.5 Å². The predicted octanol–water partition coefficient (Wildman–Crippen LogP) is 3.70. The van der Waals surface area contributed by atoms with E-state index < -0.39 is 0 Å². The molecule has 1 aliphatic heterocycles. The summed E-state index contributed by atoms with van der Waals surface area (Å²) in [6, 6.07) is 12.7. The van der Waals surface area contributed by atoms with Crippen LogP contribution in [0.4, 0.5) is 11.5 Å². The molecule has 2 aromatic heterocycles. The molecule has 1 fully saturated rings. The van der Waals surface area contributed by atoms with Gasteiger partial charge in [0.2, 0.25) is 0 Å². The molecule has 30 heavy (non-hydrogen) atoms. The van der Waals surface area contributed by atoms with Crippen molar-refractivity contribution in [2.75, 3.05) is 44.8 Å². The SMILES string of the molecule is CNc1ccc2c(N)c(C(=O)NCCc3ccc(C4CCN(C)CC4)cc3)sc2n1. The summed E-state index contributed by atoms with van der Waals surface area (Å²) in [5, 5.41) is 6.84. The maximum Gasteiger partial charge on any atom is 0.263 e. The van der Waals surface area contributed by atoms with Gasteiger partial charge in [0.25, 0.3) is 5.91 Å². The largest absolute Gasteiger partial charge is 0.397 e. The minimum Gasteiger partial charge on any atom is -0.397 e. The molecule has 7 heteroatoms. The van der Waals surface area contributed by atoms with Gasteiger partial charge in [-0.05, 0) is 68.6 Å². The van der Waals surface area contributed by atoms with Crippen molar-refractivity contribution in [1.29, 1.82) is 0 Å². The van der Waals surface area contributed by atoms with E-state index in [1.54, 1.807) is 0 Å². The maximum absolute atomic E-state index is 12.6. The Balaban J connectivity index is 1.33. The molecule has 0 aliphatic carbocycles. The lowest BCUT2D eigenvalue weighted by molar-refractivity contribution is 0.0959. The standard InChI is InChI=1S/C23H29N5OS/c1-25-19-8-7-18-20(24)21(30-23(18)27-19)22(29)26-12-9-15-3-5-16(6-4-15)17-10-13-28(2)14-11-17/h3-8,17H,9-14,24H2,1-2H3,(H,25,27)(H,26,29). The van der Waals surface area contributed by atoms with E-state index in [0.29, 0.717) is 23.0 Å². The monoisotopic (exact) mass is 423 g/mol. The predicted molar refractivity (Wildman–Crippen MR) is 126 cm³/mol. The third kappa shape index (κ3) is 4.42. The highest BCUT2D eigenvalue weighted by Crippen LogP contribution is 2.33. The van der Waals surface area contributed by atoms with Gasteiger partial charge in [-0.2, -0.15) is 0 Å². The molecule has 6 nitrogen and oxygen atoms in total. The van der Waals surface area contributed by atoms with Crippen LogP contribution in [0, 0.1) is 0 Å². The number of likely N-dealkylation sites (tertiary alicyclic amines) is 1. The highest BCUT2D eigenvalue weighted by atomic mass is 32.1. The van der Waals surface area contributed by atoms with Crippen LogP contribution < -0.4 is 16.4 Å². The van der Waals surface area contributed by atoms with Crippen LogP contribution in [0.2, 0.25) is 0 Å². The molecule has 0 atom stereocenters. The average Bonchev–Trinajstić information content (AvgIpc) is 3.10. The zero-order valence-electron chi connectivity index (χ0n) is 17.6. The second kappa shape index (κ2) is 9.02. The number of hydrogen-bond acceptors (Lipinski definition) is 6. The molecule has 0 bridgehead atoms. The fourth-order valence-electron chi connectivity index (χ4n) is 4.00. The van der Waals surface area contributed by atoms with E-state index in [4.69, 9.17) is 5.73 Å². The van der Waals surface area contributed by atoms with Crippen LogP contribution in [0.3, 0.4) is 0 Å². The lowest BCUT2D eigenvalue weighted by atomic mass is 9.89. The Kier molecular flexibility index (Phi) is 6.20. The van der Waals surface area contributed by atoms with Crippen LogP contribution in [0.15, 0.2) is 36.4 Å². The van der Waals surface area contributed by atoms with Gasteiger partial charge in [-0.3, -0.25) is 4.79 Å². The van der Waals surface area contributed by atoms with Crippen molar-refractivity contribution < 1.29 is 4.79 Å². The molecule has 0 unspecified atom stereocenters. The number of pyridine rings is 1. The molecular formula is C23H29N5OS. The molecule has 1 amide bonds. The summed E-state index contributed by atoms with van der Waals surface area (Å²) >= 11 is 1.33. The number of carbonyl (C=O) groups excluding carboxylic acids is 1. The van der Waals surface area contributed by atoms with Crippen molar-refractivity contribution in [3.8, 4) is 0 Å². The second-order valence-electron chi connectivity index (χ2n) is 7.97. The van der Waals surface area contributed by atoms with Gasteiger partial charge in [0.15, 0.2) is 0 Å². The Morgan fingerprint density at radius 3 is 2.63 bits per heavy atom. The highest BCUT2D eigenvalue weighted by molar-refractivity contribution is 7.21. The van der Waals surface area contributed by atoms with Gasteiger partial charge in [-0.25, -0.2) is 4.98 Å². The van der Waals surface area contributed by atoms with Crippen molar-refractivity contribution in [1.82, 2.24) is 15.2 Å². The number of carbonyl (C=O) groups is 1. The van der Waals surface area contributed by atoms with Crippen molar-refractivity contribution in [3.05, 3.63) is 52.4 Å². The number of piperidine rings is 1. The van der Waals surface area contributed by atoms with Gasteiger partial charge in [0.05, 0.1) is 5.69 Å². The fraction of sp³-hybridized carbons (Fsp3) is 0.391. The first kappa shape index (κ1) is 20.6. The number of rotatable bonds is 6. The van der Waals surface area contributed by atoms with Crippen molar-refractivity contribution in [3.63, 3.8) is 0 Å². The lowest BCUT2D eigenvalue weighted by Gasteiger charge is -2.29. The van der Waals surface area contributed by atoms with Crippen LogP contribution in [-0.2, 0) is 6.42 Å². The Labute approximate surface area is 181 Å². The molecule has 3 heterocycles. The van der Waals surface area contributed by atoms with Crippen molar-refractivity contribution >= 4 is 39.0 Å². The van der Waals surface area contributed by atoms with Gasteiger partial charge < -0.3 is 21.3 Å². The molecule has 1 saturated heterocycles. The number of benzene rings is 1. The number of nitrogens with zero attached hydrogens (tertiary/aromatic N) is 2. The van der Waals surface area contributed by atoms with Gasteiger partial charge in [-0.15, -0.1) is 11.3 Å². The van der Waals surface area contributed by atoms with E-state index in [1.807, 2.05) is 19.2 Å². The first-order valence-electron chi connectivity index (χ1n) is 10.5. The number of anilines is 2. The molecule has 3 aromatic rings. The lowest BCUT2D eigenvalue weighted by Crippen LogP contribution is -2.29. The van der Waals surface area contributed by atoms with E-state index in [1.165, 1.54) is 48.4 Å². The van der Waals surface area contributed by atoms with Crippen molar-refractivity contribution in [2.24, 2.45) is 0 Å². The molecule has 0 saturated carbocycles. The van der Waals surface area contributed by atoms with Crippen LogP contribution in [0.5, 0.6) is 0 Å². The number of nitrogens with one attached hydrogen (secondary N) is 2. The minimum absolute atomic E-state index is 0.135. The zero-order chi connectivity index (χ0) is 21.1. The third-order valence-electron chi connectivity index (χ3n) is 5.93. The molecule has 4 N–H and O–H groups in total. The van der Waals surface area contributed by atoms with E-state index >= 15 is 0 Å². The summed E-state index contributed by atoms with van der Waals surface area (Å²) in [5.74, 6) is 1.30. The number of nitrogens with two attached hydrogens (primary N) is 1. The van der Waals surface area contributed by atoms with Crippen LogP contribution in [0.1, 0.15) is 39.6 Å². The zero-order valence-corrected chi connectivity index (χ0v) is 18.4. The van der Waals surface area contributed by atoms with Gasteiger partial charge >= 0.3 is 0 Å². The molecule has 1 aromatic carbocycles. The fourth-order valence-corrected chi connectivity index (χ4v) is 5.01. The van der Waals surface area contributed by atoms with Crippen LogP contribution in [0.25, 0.3) is 10.2 Å². The number of aromatic nitrogens is 1. The van der Waals surface area contributed by atoms with Crippen LogP contribution in [-0.4, -0.2) is 49.5 Å². The number of hydrogen-bond donors (Lipinski definition) is 3. The number of nitrogen functional groups attached to an aromatic ring is 1. The summed E-state index contributed by atoms with van der Waals surface area (Å²) in [5.41, 5.74) is 9.37. The molecule has 4 rings (SSSR count). The third-order valence-corrected chi connectivity index (χ3v) is 7.04. The quantitative estimate of drug-likeness (QED) is 0.563. The van der Waals surface area contributed by atoms with E-state index in [-0.39, 0.29) is 5.91 Å². The van der Waals surface area contributed by atoms with Gasteiger partial charge in [0, 0.05) is 19.0 Å². The van der Waals surface area contributed by atoms with Crippen LogP contribution >= 0.6 is 11.3 Å². The van der Waals surface area contributed by atoms with Gasteiger partial charge in [-0.1, -0.05) is 24.3 Å². The number of fused-ring (bicyclic) bond motifs is 1. The summed E-state index contributed by atoms with van der Waals surface area (Å²) < 4.78 is 0. The summed E-state index contributed by atoms with van der Waals surface area (Å²) in [4.78, 5) is 20.8. The normalized spacial score (nSPS) is 15.4. The topological polar surface area (TPSA) is 83.3 Å². The minimum atomic E-state index is -0.135. The molecule has 0 radical (unpaired) electrons. The summed E-state index contributed by atoms with van der Waals surface area (Å²) in [6.07, 6.45) is 3.26. The molecular weight excluding hydrogens is 394 g/mol. The first-order valence-corrected chi connectivity index (χ1v) is 11.3. The summed E-state index contributed by atoms with van der Waals surface area (Å²) in [7, 11) is 4.01. The maximum atomic E-state index is 12.6. The summed E-state index contributed by atoms with van der Waals surface area (Å²) in [6.45, 7) is 2.92. The molecule has 1 aliphatic rings. The number of amides is 1. The molecule has 0 spiro atoms. The Bertz CT molecular complexity index is 1020. The van der Waals surface area contributed by atoms with Gasteiger partial charge in [0.1, 0.15) is 15.5 Å². The Morgan fingerprint density at radius 2 is 1.93 bits per heavy atom. The van der Waals surface area contributed by atoms with E-state index in [9.17, 15) is 4.79 Å². The Hall–Kier alpha value is -2.64. The second-order valence-corrected chi connectivity index (χ2v) is 8.97. The smallest absolute Gasteiger partial charge is 0.263 e. The Morgan fingerprint density at radius 1 is 1.20 bits per heavy atom.